The summed E-state index contributed by atoms with van der Waals surface area (Å²) >= 11 is 17.1. The van der Waals surface area contributed by atoms with Crippen LogP contribution in [-0.4, -0.2) is 45.9 Å². The maximum Gasteiger partial charge on any atom is 0.216 e. The zero-order valence-electron chi connectivity index (χ0n) is 17.9. The van der Waals surface area contributed by atoms with Gasteiger partial charge in [-0.2, -0.15) is 0 Å². The lowest BCUT2D eigenvalue weighted by atomic mass is 10.1. The van der Waals surface area contributed by atoms with E-state index in [-0.39, 0.29) is 17.4 Å². The molecule has 1 heterocycles. The van der Waals surface area contributed by atoms with Crippen LogP contribution < -0.4 is 10.1 Å². The average Bonchev–Trinajstić information content (AvgIpc) is 3.17. The lowest BCUT2D eigenvalue weighted by Gasteiger charge is -2.11. The molecule has 2 aromatic carbocycles. The van der Waals surface area contributed by atoms with E-state index in [2.05, 4.69) is 31.4 Å². The predicted molar refractivity (Wildman–Crippen MR) is 134 cm³/mol. The zero-order chi connectivity index (χ0) is 24.0. The number of nitrogens with one attached hydrogen (secondary N) is 1. The zero-order valence-corrected chi connectivity index (χ0v) is 21.8. The number of rotatable bonds is 10. The molecule has 0 saturated heterocycles. The molecule has 0 atom stereocenters. The molecule has 3 rings (SSSR count). The molecule has 0 fully saturated rings. The van der Waals surface area contributed by atoms with Crippen molar-refractivity contribution in [3.05, 3.63) is 62.3 Å². The van der Waals surface area contributed by atoms with E-state index in [0.717, 1.165) is 0 Å². The van der Waals surface area contributed by atoms with Crippen LogP contribution in [0.3, 0.4) is 0 Å². The molecule has 0 unspecified atom stereocenters. The van der Waals surface area contributed by atoms with E-state index < -0.39 is 0 Å². The van der Waals surface area contributed by atoms with Gasteiger partial charge in [0.25, 0.3) is 0 Å². The minimum atomic E-state index is -0.0852. The first kappa shape index (κ1) is 25.6. The van der Waals surface area contributed by atoms with E-state index in [9.17, 15) is 9.59 Å². The normalized spacial score (nSPS) is 10.8. The molecule has 0 aliphatic rings. The fourth-order valence-electron chi connectivity index (χ4n) is 3.05. The monoisotopic (exact) mass is 570 g/mol. The number of carbonyl (C=O) groups is 2. The van der Waals surface area contributed by atoms with Crippen LogP contribution in [0.15, 0.2) is 46.0 Å². The quantitative estimate of drug-likeness (QED) is 0.199. The second-order valence-corrected chi connectivity index (χ2v) is 9.68. The lowest BCUT2D eigenvalue weighted by molar-refractivity contribution is -0.118. The first-order valence-corrected chi connectivity index (χ1v) is 12.5. The third-order valence-electron chi connectivity index (χ3n) is 4.56. The van der Waals surface area contributed by atoms with Gasteiger partial charge in [0.05, 0.1) is 23.0 Å². The number of hydrogen-bond donors (Lipinski definition) is 1. The van der Waals surface area contributed by atoms with E-state index in [4.69, 9.17) is 27.9 Å². The molecule has 7 nitrogen and oxygen atoms in total. The van der Waals surface area contributed by atoms with E-state index in [1.54, 1.807) is 43.5 Å². The van der Waals surface area contributed by atoms with Crippen LogP contribution in [0.1, 0.15) is 29.5 Å². The van der Waals surface area contributed by atoms with Crippen molar-refractivity contribution in [1.29, 1.82) is 0 Å². The van der Waals surface area contributed by atoms with Crippen molar-refractivity contribution in [2.45, 2.75) is 24.9 Å². The topological polar surface area (TPSA) is 86.1 Å². The molecule has 0 aliphatic heterocycles. The van der Waals surface area contributed by atoms with Gasteiger partial charge in [0.15, 0.2) is 10.9 Å². The second kappa shape index (κ2) is 11.9. The fraction of sp³-hybridized carbons (Fsp3) is 0.273. The van der Waals surface area contributed by atoms with Crippen LogP contribution in [0.5, 0.6) is 5.75 Å². The summed E-state index contributed by atoms with van der Waals surface area (Å²) in [6.07, 6.45) is 1.24. The van der Waals surface area contributed by atoms with Gasteiger partial charge in [-0.3, -0.25) is 14.2 Å². The molecule has 1 amide bonds. The van der Waals surface area contributed by atoms with E-state index in [1.165, 1.54) is 18.7 Å². The average molecular weight is 572 g/mol. The molecule has 0 spiro atoms. The molecule has 0 saturated carbocycles. The van der Waals surface area contributed by atoms with Gasteiger partial charge < -0.3 is 10.1 Å². The Morgan fingerprint density at radius 3 is 2.52 bits per heavy atom. The van der Waals surface area contributed by atoms with Crippen molar-refractivity contribution >= 4 is 62.6 Å². The van der Waals surface area contributed by atoms with Gasteiger partial charge in [0, 0.05) is 35.5 Å². The van der Waals surface area contributed by atoms with Gasteiger partial charge in [-0.25, -0.2) is 0 Å². The van der Waals surface area contributed by atoms with Gasteiger partial charge in [0.1, 0.15) is 11.6 Å². The molecule has 1 aromatic heterocycles. The van der Waals surface area contributed by atoms with Crippen molar-refractivity contribution < 1.29 is 14.3 Å². The number of amides is 1. The van der Waals surface area contributed by atoms with Crippen molar-refractivity contribution in [2.24, 2.45) is 0 Å². The van der Waals surface area contributed by atoms with Crippen LogP contribution in [0.4, 0.5) is 0 Å². The van der Waals surface area contributed by atoms with Crippen molar-refractivity contribution in [3.8, 4) is 11.4 Å². The summed E-state index contributed by atoms with van der Waals surface area (Å²) < 4.78 is 7.77. The first-order chi connectivity index (χ1) is 15.8. The number of thioether (sulfide) groups is 1. The highest BCUT2D eigenvalue weighted by molar-refractivity contribution is 9.10. The highest BCUT2D eigenvalue weighted by Gasteiger charge is 2.18. The number of hydrogen-bond acceptors (Lipinski definition) is 6. The van der Waals surface area contributed by atoms with Crippen molar-refractivity contribution in [1.82, 2.24) is 20.1 Å². The maximum atomic E-state index is 12.8. The van der Waals surface area contributed by atoms with Crippen LogP contribution in [0.25, 0.3) is 5.69 Å². The first-order valence-electron chi connectivity index (χ1n) is 9.93. The largest absolute Gasteiger partial charge is 0.496 e. The van der Waals surface area contributed by atoms with Gasteiger partial charge >= 0.3 is 0 Å². The third kappa shape index (κ3) is 6.96. The van der Waals surface area contributed by atoms with Gasteiger partial charge in [-0.1, -0.05) is 35.0 Å². The molecule has 1 N–H and O–H groups in total. The van der Waals surface area contributed by atoms with Crippen molar-refractivity contribution in [2.75, 3.05) is 19.4 Å². The van der Waals surface area contributed by atoms with E-state index >= 15 is 0 Å². The Morgan fingerprint density at radius 2 is 1.88 bits per heavy atom. The van der Waals surface area contributed by atoms with Crippen LogP contribution in [-0.2, 0) is 11.2 Å². The number of Topliss-reactive ketones (excluding diaryl/α,β-unsaturated/α-hetero) is 1. The molecule has 3 aromatic rings. The summed E-state index contributed by atoms with van der Waals surface area (Å²) in [6, 6.07) is 10.4. The molecule has 174 valence electrons. The van der Waals surface area contributed by atoms with Crippen LogP contribution >= 0.6 is 50.9 Å². The summed E-state index contributed by atoms with van der Waals surface area (Å²) in [5, 5.41) is 12.9. The van der Waals surface area contributed by atoms with E-state index in [0.29, 0.717) is 61.9 Å². The fourth-order valence-corrected chi connectivity index (χ4v) is 4.97. The second-order valence-electron chi connectivity index (χ2n) is 7.01. The molecule has 33 heavy (non-hydrogen) atoms. The highest BCUT2D eigenvalue weighted by atomic mass is 79.9. The molecular formula is C22H21BrCl2N4O3S. The standard InChI is InChI=1S/C22H21BrCl2N4O3S/c1-13(30)26-7-3-4-21-27-28-22(29(21)17-10-15(24)9-16(25)11-17)33-12-19(31)14-5-6-20(32-2)18(23)8-14/h5-6,8-11H,3-4,7,12H2,1-2H3,(H,26,30). The number of ether oxygens (including phenoxy) is 1. The minimum Gasteiger partial charge on any atom is -0.496 e. The summed E-state index contributed by atoms with van der Waals surface area (Å²) in [4.78, 5) is 23.9. The SMILES string of the molecule is COc1ccc(C(=O)CSc2nnc(CCCNC(C)=O)n2-c2cc(Cl)cc(Cl)c2)cc1Br. The number of benzene rings is 2. The summed E-state index contributed by atoms with van der Waals surface area (Å²) in [6.45, 7) is 2.00. The number of nitrogens with zero attached hydrogens (tertiary/aromatic N) is 3. The number of ketones is 1. The molecule has 0 aliphatic carbocycles. The van der Waals surface area contributed by atoms with Crippen LogP contribution in [0, 0.1) is 0 Å². The van der Waals surface area contributed by atoms with Crippen LogP contribution in [0.2, 0.25) is 10.0 Å². The highest BCUT2D eigenvalue weighted by Crippen LogP contribution is 2.29. The Balaban J connectivity index is 1.82. The smallest absolute Gasteiger partial charge is 0.216 e. The van der Waals surface area contributed by atoms with Crippen molar-refractivity contribution in [3.63, 3.8) is 0 Å². The number of carbonyl (C=O) groups excluding carboxylic acids is 2. The minimum absolute atomic E-state index is 0.0609. The summed E-state index contributed by atoms with van der Waals surface area (Å²) in [5.41, 5.74) is 1.26. The Hall–Kier alpha value is -2.07. The molecular weight excluding hydrogens is 551 g/mol. The number of aryl methyl sites for hydroxylation is 1. The molecule has 0 radical (unpaired) electrons. The lowest BCUT2D eigenvalue weighted by Crippen LogP contribution is -2.21. The Bertz CT molecular complexity index is 1150. The molecule has 11 heteroatoms. The summed E-state index contributed by atoms with van der Waals surface area (Å²) in [5.74, 6) is 1.35. The Labute approximate surface area is 214 Å². The van der Waals surface area contributed by atoms with Gasteiger partial charge in [0.2, 0.25) is 5.91 Å². The van der Waals surface area contributed by atoms with Gasteiger partial charge in [-0.05, 0) is 58.7 Å². The summed E-state index contributed by atoms with van der Waals surface area (Å²) in [7, 11) is 1.57. The maximum absolute atomic E-state index is 12.8. The number of halogens is 3. The van der Waals surface area contributed by atoms with E-state index in [1.807, 2.05) is 4.57 Å². The predicted octanol–water partition coefficient (Wildman–Crippen LogP) is 5.39. The Morgan fingerprint density at radius 1 is 1.15 bits per heavy atom. The van der Waals surface area contributed by atoms with Gasteiger partial charge in [-0.15, -0.1) is 10.2 Å². The Kier molecular flexibility index (Phi) is 9.19. The number of aromatic nitrogens is 3. The molecule has 0 bridgehead atoms. The third-order valence-corrected chi connectivity index (χ3v) is 6.55. The number of methoxy groups -OCH3 is 1.